The van der Waals surface area contributed by atoms with E-state index in [1.807, 2.05) is 12.1 Å². The van der Waals surface area contributed by atoms with Gasteiger partial charge in [-0.2, -0.15) is 0 Å². The summed E-state index contributed by atoms with van der Waals surface area (Å²) in [5, 5.41) is 0.790. The van der Waals surface area contributed by atoms with Gasteiger partial charge in [0.1, 0.15) is 14.6 Å². The lowest BCUT2D eigenvalue weighted by molar-refractivity contribution is 0.555. The van der Waals surface area contributed by atoms with Crippen molar-refractivity contribution in [1.29, 1.82) is 0 Å². The summed E-state index contributed by atoms with van der Waals surface area (Å²) in [6.07, 6.45) is 0. The van der Waals surface area contributed by atoms with Crippen LogP contribution in [0.1, 0.15) is 0 Å². The van der Waals surface area contributed by atoms with Crippen molar-refractivity contribution in [3.05, 3.63) is 32.5 Å². The Morgan fingerprint density at radius 2 is 2.29 bits per heavy atom. The number of nitrogen functional groups attached to an aromatic ring is 1. The van der Waals surface area contributed by atoms with Gasteiger partial charge in [-0.05, 0) is 34.1 Å². The number of hydrogen-bond donors (Lipinski definition) is 2. The van der Waals surface area contributed by atoms with E-state index in [9.17, 15) is 4.79 Å². The van der Waals surface area contributed by atoms with Crippen molar-refractivity contribution >= 4 is 44.2 Å². The second-order valence-corrected chi connectivity index (χ2v) is 5.72. The molecule has 0 atom stereocenters. The molecule has 0 spiro atoms. The molecule has 0 aliphatic carbocycles. The number of aromatic nitrogens is 2. The molecule has 17 heavy (non-hydrogen) atoms. The van der Waals surface area contributed by atoms with Gasteiger partial charge in [0, 0.05) is 5.56 Å². The number of hydrogen-bond acceptors (Lipinski definition) is 5. The predicted molar refractivity (Wildman–Crippen MR) is 70.1 cm³/mol. The number of anilines is 1. The lowest BCUT2D eigenvalue weighted by atomic mass is 10.2. The largest absolute Gasteiger partial charge is 0.417 e. The van der Waals surface area contributed by atoms with E-state index in [0.29, 0.717) is 16.9 Å². The minimum Gasteiger partial charge on any atom is -0.408 e. The number of nitrogens with two attached hydrogens (primary N) is 1. The molecule has 0 aliphatic heterocycles. The molecule has 7 heteroatoms. The van der Waals surface area contributed by atoms with Crippen molar-refractivity contribution in [3.8, 4) is 10.6 Å². The maximum absolute atomic E-state index is 11.0. The van der Waals surface area contributed by atoms with Gasteiger partial charge in [0.2, 0.25) is 0 Å². The molecular weight excluding hydrogens is 306 g/mol. The third-order valence-electron chi connectivity index (χ3n) is 2.28. The summed E-state index contributed by atoms with van der Waals surface area (Å²) in [5.41, 5.74) is 7.74. The van der Waals surface area contributed by atoms with Gasteiger partial charge in [-0.3, -0.25) is 4.98 Å². The Hall–Kier alpha value is -1.60. The number of nitrogens with one attached hydrogen (secondary N) is 1. The van der Waals surface area contributed by atoms with E-state index in [1.54, 1.807) is 6.07 Å². The third-order valence-corrected chi connectivity index (χ3v) is 4.08. The number of fused-ring (bicyclic) bond motifs is 1. The van der Waals surface area contributed by atoms with E-state index < -0.39 is 5.76 Å². The van der Waals surface area contributed by atoms with E-state index >= 15 is 0 Å². The van der Waals surface area contributed by atoms with Crippen LogP contribution in [-0.2, 0) is 0 Å². The highest BCUT2D eigenvalue weighted by Gasteiger charge is 2.09. The molecule has 0 radical (unpaired) electrons. The summed E-state index contributed by atoms with van der Waals surface area (Å²) in [6, 6.07) is 5.38. The summed E-state index contributed by atoms with van der Waals surface area (Å²) in [5.74, 6) is 0.00256. The van der Waals surface area contributed by atoms with Crippen molar-refractivity contribution in [1.82, 2.24) is 9.97 Å². The molecule has 0 unspecified atom stereocenters. The molecule has 1 aromatic carbocycles. The topological polar surface area (TPSA) is 84.9 Å². The second-order valence-electron chi connectivity index (χ2n) is 3.40. The Morgan fingerprint density at radius 1 is 1.47 bits per heavy atom. The molecule has 2 heterocycles. The molecule has 0 saturated carbocycles. The highest BCUT2D eigenvalue weighted by Crippen LogP contribution is 2.34. The standard InChI is InChI=1S/C10H6BrN3O2S/c11-7-8(12)14-9(17-7)4-1-2-6-5(3-4)13-10(15)16-6/h1-3H,12H2,(H,13,15). The minimum atomic E-state index is -0.461. The lowest BCUT2D eigenvalue weighted by Gasteiger charge is -1.94. The smallest absolute Gasteiger partial charge is 0.408 e. The van der Waals surface area contributed by atoms with Gasteiger partial charge < -0.3 is 10.2 Å². The van der Waals surface area contributed by atoms with Crippen LogP contribution < -0.4 is 11.5 Å². The molecule has 5 nitrogen and oxygen atoms in total. The molecule has 86 valence electrons. The fourth-order valence-electron chi connectivity index (χ4n) is 1.52. The first-order valence-corrected chi connectivity index (χ1v) is 6.29. The molecular formula is C10H6BrN3O2S. The monoisotopic (exact) mass is 311 g/mol. The van der Waals surface area contributed by atoms with Crippen LogP contribution in [0, 0.1) is 0 Å². The number of H-pyrrole nitrogens is 1. The Bertz CT molecular complexity index is 739. The number of oxazole rings is 1. The highest BCUT2D eigenvalue weighted by molar-refractivity contribution is 9.11. The van der Waals surface area contributed by atoms with E-state index in [4.69, 9.17) is 10.2 Å². The van der Waals surface area contributed by atoms with Gasteiger partial charge in [0.05, 0.1) is 5.52 Å². The van der Waals surface area contributed by atoms with Gasteiger partial charge in [0.25, 0.3) is 0 Å². The van der Waals surface area contributed by atoms with Crippen molar-refractivity contribution < 1.29 is 4.42 Å². The van der Waals surface area contributed by atoms with Crippen molar-refractivity contribution in [2.24, 2.45) is 0 Å². The molecule has 3 rings (SSSR count). The van der Waals surface area contributed by atoms with Crippen LogP contribution in [0.4, 0.5) is 5.82 Å². The number of nitrogens with zero attached hydrogens (tertiary/aromatic N) is 1. The van der Waals surface area contributed by atoms with Gasteiger partial charge in [-0.25, -0.2) is 9.78 Å². The molecule has 0 bridgehead atoms. The molecule has 0 amide bonds. The summed E-state index contributed by atoms with van der Waals surface area (Å²) < 4.78 is 5.72. The molecule has 0 saturated heterocycles. The van der Waals surface area contributed by atoms with E-state index in [0.717, 1.165) is 14.4 Å². The number of halogens is 1. The van der Waals surface area contributed by atoms with Crippen LogP contribution >= 0.6 is 27.3 Å². The quantitative estimate of drug-likeness (QED) is 0.723. The zero-order valence-corrected chi connectivity index (χ0v) is 10.8. The fourth-order valence-corrected chi connectivity index (χ4v) is 2.78. The SMILES string of the molecule is Nc1nc(-c2ccc3oc(=O)[nH]c3c2)sc1Br. The van der Waals surface area contributed by atoms with Crippen LogP contribution in [0.2, 0.25) is 0 Å². The van der Waals surface area contributed by atoms with Crippen LogP contribution in [0.25, 0.3) is 21.7 Å². The summed E-state index contributed by atoms with van der Waals surface area (Å²) in [7, 11) is 0. The van der Waals surface area contributed by atoms with Crippen LogP contribution in [-0.4, -0.2) is 9.97 Å². The summed E-state index contributed by atoms with van der Waals surface area (Å²) in [4.78, 5) is 17.9. The lowest BCUT2D eigenvalue weighted by Crippen LogP contribution is -1.92. The Kier molecular flexibility index (Phi) is 2.30. The normalized spacial score (nSPS) is 11.1. The average molecular weight is 312 g/mol. The van der Waals surface area contributed by atoms with Crippen LogP contribution in [0.5, 0.6) is 0 Å². The Balaban J connectivity index is 2.20. The Labute approximate surface area is 107 Å². The van der Waals surface area contributed by atoms with Crippen LogP contribution in [0.15, 0.2) is 31.2 Å². The van der Waals surface area contributed by atoms with Gasteiger partial charge in [-0.15, -0.1) is 11.3 Å². The molecule has 3 aromatic rings. The van der Waals surface area contributed by atoms with Crippen LogP contribution in [0.3, 0.4) is 0 Å². The first kappa shape index (κ1) is 10.5. The molecule has 3 N–H and O–H groups in total. The van der Waals surface area contributed by atoms with Crippen molar-refractivity contribution in [2.75, 3.05) is 5.73 Å². The van der Waals surface area contributed by atoms with Gasteiger partial charge in [0.15, 0.2) is 5.58 Å². The average Bonchev–Trinajstić information content (AvgIpc) is 2.80. The number of thiazole rings is 1. The molecule has 0 fully saturated rings. The minimum absolute atomic E-state index is 0.461. The van der Waals surface area contributed by atoms with Crippen molar-refractivity contribution in [3.63, 3.8) is 0 Å². The Morgan fingerprint density at radius 3 is 3.00 bits per heavy atom. The zero-order chi connectivity index (χ0) is 12.0. The van der Waals surface area contributed by atoms with E-state index in [2.05, 4.69) is 25.9 Å². The third kappa shape index (κ3) is 1.77. The molecule has 0 aliphatic rings. The fraction of sp³-hybridized carbons (Fsp3) is 0. The first-order chi connectivity index (χ1) is 8.13. The van der Waals surface area contributed by atoms with Crippen molar-refractivity contribution in [2.45, 2.75) is 0 Å². The van der Waals surface area contributed by atoms with Gasteiger partial charge >= 0.3 is 5.76 Å². The maximum Gasteiger partial charge on any atom is 0.417 e. The predicted octanol–water partition coefficient (Wildman–Crippen LogP) is 2.59. The highest BCUT2D eigenvalue weighted by atomic mass is 79.9. The number of aromatic amines is 1. The van der Waals surface area contributed by atoms with E-state index in [-0.39, 0.29) is 0 Å². The number of rotatable bonds is 1. The summed E-state index contributed by atoms with van der Waals surface area (Å²) in [6.45, 7) is 0. The van der Waals surface area contributed by atoms with Gasteiger partial charge in [-0.1, -0.05) is 0 Å². The first-order valence-electron chi connectivity index (χ1n) is 4.68. The maximum atomic E-state index is 11.0. The number of benzene rings is 1. The van der Waals surface area contributed by atoms with E-state index in [1.165, 1.54) is 11.3 Å². The second kappa shape index (κ2) is 3.71. The molecule has 2 aromatic heterocycles. The zero-order valence-electron chi connectivity index (χ0n) is 8.36. The summed E-state index contributed by atoms with van der Waals surface area (Å²) >= 11 is 4.76.